The van der Waals surface area contributed by atoms with Gasteiger partial charge in [0, 0.05) is 31.6 Å². The van der Waals surface area contributed by atoms with Gasteiger partial charge in [-0.2, -0.15) is 0 Å². The molecule has 2 heterocycles. The Morgan fingerprint density at radius 3 is 2.70 bits per heavy atom. The largest absolute Gasteiger partial charge is 0.313 e. The van der Waals surface area contributed by atoms with Crippen molar-refractivity contribution in [3.05, 3.63) is 0 Å². The second kappa shape index (κ2) is 1.92. The standard InChI is InChI=1S/C7H13FN2/c1-10-4-7(5-10)3-9-2-6(7)8/h6,9H,2-5H2,1H3. The zero-order valence-electron chi connectivity index (χ0n) is 6.23. The van der Waals surface area contributed by atoms with E-state index >= 15 is 0 Å². The molecule has 0 amide bonds. The molecule has 0 bridgehead atoms. The molecule has 10 heavy (non-hydrogen) atoms. The molecule has 1 N–H and O–H groups in total. The molecule has 0 aromatic heterocycles. The molecule has 2 fully saturated rings. The van der Waals surface area contributed by atoms with Crippen molar-refractivity contribution in [3.8, 4) is 0 Å². The molecule has 1 atom stereocenters. The van der Waals surface area contributed by atoms with Gasteiger partial charge in [0.1, 0.15) is 6.17 Å². The minimum atomic E-state index is -0.608. The first kappa shape index (κ1) is 6.55. The summed E-state index contributed by atoms with van der Waals surface area (Å²) in [6.07, 6.45) is -0.608. The predicted octanol–water partition coefficient (Wildman–Crippen LogP) is -0.141. The number of rotatable bonds is 0. The first-order valence-electron chi connectivity index (χ1n) is 3.76. The lowest BCUT2D eigenvalue weighted by Gasteiger charge is -2.46. The average Bonchev–Trinajstić information content (AvgIpc) is 2.12. The van der Waals surface area contributed by atoms with E-state index in [1.54, 1.807) is 0 Å². The van der Waals surface area contributed by atoms with Gasteiger partial charge in [-0.1, -0.05) is 0 Å². The van der Waals surface area contributed by atoms with Gasteiger partial charge in [0.15, 0.2) is 0 Å². The Morgan fingerprint density at radius 2 is 2.30 bits per heavy atom. The van der Waals surface area contributed by atoms with Gasteiger partial charge in [0.2, 0.25) is 0 Å². The number of alkyl halides is 1. The van der Waals surface area contributed by atoms with Crippen molar-refractivity contribution < 1.29 is 4.39 Å². The summed E-state index contributed by atoms with van der Waals surface area (Å²) in [6.45, 7) is 3.30. The summed E-state index contributed by atoms with van der Waals surface area (Å²) < 4.78 is 13.1. The monoisotopic (exact) mass is 144 g/mol. The topological polar surface area (TPSA) is 15.3 Å². The maximum atomic E-state index is 13.1. The van der Waals surface area contributed by atoms with Crippen LogP contribution in [0.2, 0.25) is 0 Å². The molecule has 0 aromatic carbocycles. The van der Waals surface area contributed by atoms with Crippen molar-refractivity contribution in [2.24, 2.45) is 5.41 Å². The van der Waals surface area contributed by atoms with Gasteiger partial charge in [0.25, 0.3) is 0 Å². The third-order valence-corrected chi connectivity index (χ3v) is 2.63. The fraction of sp³-hybridized carbons (Fsp3) is 1.00. The Morgan fingerprint density at radius 1 is 1.60 bits per heavy atom. The minimum absolute atomic E-state index is 0.00521. The van der Waals surface area contributed by atoms with E-state index < -0.39 is 6.17 Å². The molecular formula is C7H13FN2. The number of hydrogen-bond acceptors (Lipinski definition) is 2. The summed E-state index contributed by atoms with van der Waals surface area (Å²) in [5, 5.41) is 3.08. The highest BCUT2D eigenvalue weighted by Crippen LogP contribution is 2.36. The number of hydrogen-bond donors (Lipinski definition) is 1. The van der Waals surface area contributed by atoms with E-state index in [-0.39, 0.29) is 5.41 Å². The summed E-state index contributed by atoms with van der Waals surface area (Å²) in [5.74, 6) is 0. The number of halogens is 1. The molecule has 58 valence electrons. The molecule has 0 aromatic rings. The fourth-order valence-electron chi connectivity index (χ4n) is 2.11. The van der Waals surface area contributed by atoms with Crippen LogP contribution in [0.15, 0.2) is 0 Å². The second-order valence-electron chi connectivity index (χ2n) is 3.63. The maximum absolute atomic E-state index is 13.1. The molecule has 2 nitrogen and oxygen atoms in total. The van der Waals surface area contributed by atoms with Crippen LogP contribution in [-0.2, 0) is 0 Å². The predicted molar refractivity (Wildman–Crippen MR) is 37.7 cm³/mol. The number of likely N-dealkylation sites (tertiary alicyclic amines) is 1. The van der Waals surface area contributed by atoms with Gasteiger partial charge in [-0.15, -0.1) is 0 Å². The zero-order valence-corrected chi connectivity index (χ0v) is 6.23. The highest BCUT2D eigenvalue weighted by Gasteiger charge is 2.50. The molecule has 0 aliphatic carbocycles. The second-order valence-corrected chi connectivity index (χ2v) is 3.63. The van der Waals surface area contributed by atoms with Crippen LogP contribution in [0.3, 0.4) is 0 Å². The molecule has 0 saturated carbocycles. The van der Waals surface area contributed by atoms with Gasteiger partial charge >= 0.3 is 0 Å². The van der Waals surface area contributed by atoms with Crippen LogP contribution in [0.4, 0.5) is 4.39 Å². The van der Waals surface area contributed by atoms with Crippen molar-refractivity contribution in [2.75, 3.05) is 33.2 Å². The zero-order chi connectivity index (χ0) is 7.19. The van der Waals surface area contributed by atoms with Gasteiger partial charge in [0.05, 0.1) is 0 Å². The maximum Gasteiger partial charge on any atom is 0.122 e. The van der Waals surface area contributed by atoms with Crippen LogP contribution in [0.5, 0.6) is 0 Å². The number of nitrogens with one attached hydrogen (secondary N) is 1. The molecule has 3 heteroatoms. The van der Waals surface area contributed by atoms with Crippen LogP contribution < -0.4 is 5.32 Å². The summed E-state index contributed by atoms with van der Waals surface area (Å²) in [5.41, 5.74) is -0.00521. The number of nitrogens with zero attached hydrogens (tertiary/aromatic N) is 1. The summed E-state index contributed by atoms with van der Waals surface area (Å²) >= 11 is 0. The van der Waals surface area contributed by atoms with E-state index in [4.69, 9.17) is 0 Å². The van der Waals surface area contributed by atoms with Gasteiger partial charge < -0.3 is 10.2 Å². The lowest BCUT2D eigenvalue weighted by molar-refractivity contribution is -0.0120. The van der Waals surface area contributed by atoms with Crippen LogP contribution in [0, 0.1) is 5.41 Å². The van der Waals surface area contributed by atoms with Crippen molar-refractivity contribution >= 4 is 0 Å². The molecule has 2 aliphatic heterocycles. The molecule has 2 rings (SSSR count). The van der Waals surface area contributed by atoms with Gasteiger partial charge in [-0.3, -0.25) is 0 Å². The third-order valence-electron chi connectivity index (χ3n) is 2.63. The van der Waals surface area contributed by atoms with Crippen molar-refractivity contribution in [1.82, 2.24) is 10.2 Å². The Bertz CT molecular complexity index is 143. The third kappa shape index (κ3) is 0.705. The van der Waals surface area contributed by atoms with E-state index in [0.29, 0.717) is 6.54 Å². The molecule has 1 unspecified atom stereocenters. The molecule has 2 saturated heterocycles. The lowest BCUT2D eigenvalue weighted by Crippen LogP contribution is -2.59. The van der Waals surface area contributed by atoms with Gasteiger partial charge in [-0.25, -0.2) is 4.39 Å². The Kier molecular flexibility index (Phi) is 1.26. The summed E-state index contributed by atoms with van der Waals surface area (Å²) in [7, 11) is 2.04. The molecule has 1 spiro atoms. The van der Waals surface area contributed by atoms with Gasteiger partial charge in [-0.05, 0) is 7.05 Å². The highest BCUT2D eigenvalue weighted by molar-refractivity contribution is 5.04. The van der Waals surface area contributed by atoms with E-state index in [1.165, 1.54) is 0 Å². The SMILES string of the molecule is CN1CC2(CNCC2F)C1. The van der Waals surface area contributed by atoms with Crippen molar-refractivity contribution in [2.45, 2.75) is 6.17 Å². The van der Waals surface area contributed by atoms with E-state index in [0.717, 1.165) is 19.6 Å². The van der Waals surface area contributed by atoms with Crippen LogP contribution in [0.25, 0.3) is 0 Å². The highest BCUT2D eigenvalue weighted by atomic mass is 19.1. The van der Waals surface area contributed by atoms with E-state index in [2.05, 4.69) is 10.2 Å². The first-order valence-corrected chi connectivity index (χ1v) is 3.76. The van der Waals surface area contributed by atoms with Crippen LogP contribution in [-0.4, -0.2) is 44.3 Å². The Balaban J connectivity index is 2.03. The Labute approximate surface area is 60.4 Å². The lowest BCUT2D eigenvalue weighted by atomic mass is 9.78. The first-order chi connectivity index (χ1) is 4.73. The van der Waals surface area contributed by atoms with Crippen LogP contribution >= 0.6 is 0 Å². The molecule has 0 radical (unpaired) electrons. The molecular weight excluding hydrogens is 131 g/mol. The summed E-state index contributed by atoms with van der Waals surface area (Å²) in [4.78, 5) is 2.17. The van der Waals surface area contributed by atoms with Crippen LogP contribution in [0.1, 0.15) is 0 Å². The fourth-order valence-corrected chi connectivity index (χ4v) is 2.11. The normalized spacial score (nSPS) is 38.4. The summed E-state index contributed by atoms with van der Waals surface area (Å²) in [6, 6.07) is 0. The minimum Gasteiger partial charge on any atom is -0.313 e. The quantitative estimate of drug-likeness (QED) is 0.509. The Hall–Kier alpha value is -0.150. The molecule has 2 aliphatic rings. The smallest absolute Gasteiger partial charge is 0.122 e. The van der Waals surface area contributed by atoms with Crippen molar-refractivity contribution in [3.63, 3.8) is 0 Å². The average molecular weight is 144 g/mol. The van der Waals surface area contributed by atoms with E-state index in [9.17, 15) is 4.39 Å². The van der Waals surface area contributed by atoms with Crippen molar-refractivity contribution in [1.29, 1.82) is 0 Å². The van der Waals surface area contributed by atoms with E-state index in [1.807, 2.05) is 7.05 Å².